The van der Waals surface area contributed by atoms with E-state index >= 15 is 0 Å². The van der Waals surface area contributed by atoms with E-state index in [2.05, 4.69) is 0 Å². The molecule has 0 saturated heterocycles. The summed E-state index contributed by atoms with van der Waals surface area (Å²) in [5.41, 5.74) is 3.84. The Morgan fingerprint density at radius 3 is 2.84 bits per heavy atom. The van der Waals surface area contributed by atoms with Crippen LogP contribution in [0.5, 0.6) is 5.75 Å². The lowest BCUT2D eigenvalue weighted by Gasteiger charge is -2.14. The average molecular weight is 275 g/mol. The third-order valence-electron chi connectivity index (χ3n) is 3.48. The maximum Gasteiger partial charge on any atom is 0.122 e. The van der Waals surface area contributed by atoms with Crippen molar-refractivity contribution < 1.29 is 9.84 Å². The zero-order chi connectivity index (χ0) is 13.4. The predicted molar refractivity (Wildman–Crippen MR) is 75.9 cm³/mol. The number of benzene rings is 2. The van der Waals surface area contributed by atoms with Crippen molar-refractivity contribution in [2.75, 3.05) is 6.61 Å². The Morgan fingerprint density at radius 1 is 1.21 bits per heavy atom. The minimum Gasteiger partial charge on any atom is -0.493 e. The molecule has 0 fully saturated rings. The van der Waals surface area contributed by atoms with Gasteiger partial charge in [-0.1, -0.05) is 29.8 Å². The zero-order valence-corrected chi connectivity index (χ0v) is 11.4. The lowest BCUT2D eigenvalue weighted by atomic mass is 9.98. The van der Waals surface area contributed by atoms with Gasteiger partial charge in [0.1, 0.15) is 11.9 Å². The first kappa shape index (κ1) is 12.5. The number of fused-ring (bicyclic) bond motifs is 1. The van der Waals surface area contributed by atoms with Crippen LogP contribution in [-0.2, 0) is 6.42 Å². The van der Waals surface area contributed by atoms with Crippen molar-refractivity contribution in [1.29, 1.82) is 0 Å². The Bertz CT molecular complexity index is 622. The van der Waals surface area contributed by atoms with Crippen LogP contribution < -0.4 is 4.74 Å². The van der Waals surface area contributed by atoms with Crippen LogP contribution in [0.3, 0.4) is 0 Å². The smallest absolute Gasteiger partial charge is 0.122 e. The van der Waals surface area contributed by atoms with E-state index in [-0.39, 0.29) is 0 Å². The monoisotopic (exact) mass is 274 g/mol. The van der Waals surface area contributed by atoms with Gasteiger partial charge in [0.2, 0.25) is 0 Å². The van der Waals surface area contributed by atoms with E-state index < -0.39 is 6.10 Å². The van der Waals surface area contributed by atoms with Crippen molar-refractivity contribution in [3.63, 3.8) is 0 Å². The molecule has 3 heteroatoms. The van der Waals surface area contributed by atoms with E-state index in [0.29, 0.717) is 5.02 Å². The van der Waals surface area contributed by atoms with Crippen LogP contribution >= 0.6 is 11.6 Å². The van der Waals surface area contributed by atoms with Gasteiger partial charge in [0, 0.05) is 17.0 Å². The number of hydrogen-bond acceptors (Lipinski definition) is 2. The van der Waals surface area contributed by atoms with Gasteiger partial charge >= 0.3 is 0 Å². The van der Waals surface area contributed by atoms with E-state index in [1.807, 2.05) is 43.3 Å². The van der Waals surface area contributed by atoms with Crippen LogP contribution in [0.25, 0.3) is 0 Å². The number of aryl methyl sites for hydroxylation is 1. The molecular weight excluding hydrogens is 260 g/mol. The molecule has 1 aliphatic heterocycles. The van der Waals surface area contributed by atoms with Crippen LogP contribution in [-0.4, -0.2) is 11.7 Å². The standard InChI is InChI=1S/C16H15ClO2/c1-10-2-4-13(14(17)8-10)16(18)12-3-5-15-11(9-12)6-7-19-15/h2-5,8-9,16,18H,6-7H2,1H3. The third kappa shape index (κ3) is 2.34. The fourth-order valence-electron chi connectivity index (χ4n) is 2.41. The highest BCUT2D eigenvalue weighted by molar-refractivity contribution is 6.31. The highest BCUT2D eigenvalue weighted by Gasteiger charge is 2.18. The summed E-state index contributed by atoms with van der Waals surface area (Å²) in [5, 5.41) is 11.1. The van der Waals surface area contributed by atoms with Crippen LogP contribution in [0.4, 0.5) is 0 Å². The average Bonchev–Trinajstić information content (AvgIpc) is 2.85. The van der Waals surface area contributed by atoms with Crippen molar-refractivity contribution >= 4 is 11.6 Å². The fourth-order valence-corrected chi connectivity index (χ4v) is 2.75. The fraction of sp³-hybridized carbons (Fsp3) is 0.250. The van der Waals surface area contributed by atoms with Crippen molar-refractivity contribution in [2.45, 2.75) is 19.4 Å². The highest BCUT2D eigenvalue weighted by atomic mass is 35.5. The van der Waals surface area contributed by atoms with Crippen molar-refractivity contribution in [3.8, 4) is 5.75 Å². The van der Waals surface area contributed by atoms with Gasteiger partial charge in [-0.3, -0.25) is 0 Å². The number of halogens is 1. The zero-order valence-electron chi connectivity index (χ0n) is 10.7. The molecule has 1 aliphatic rings. The van der Waals surface area contributed by atoms with E-state index in [9.17, 15) is 5.11 Å². The Balaban J connectivity index is 1.97. The number of aliphatic hydroxyl groups is 1. The van der Waals surface area contributed by atoms with Gasteiger partial charge in [0.25, 0.3) is 0 Å². The summed E-state index contributed by atoms with van der Waals surface area (Å²) in [7, 11) is 0. The first-order chi connectivity index (χ1) is 9.15. The summed E-state index contributed by atoms with van der Waals surface area (Å²) in [6, 6.07) is 11.5. The van der Waals surface area contributed by atoms with Crippen LogP contribution in [0.15, 0.2) is 36.4 Å². The van der Waals surface area contributed by atoms with Gasteiger partial charge in [-0.05, 0) is 41.8 Å². The molecule has 2 nitrogen and oxygen atoms in total. The molecule has 0 spiro atoms. The molecule has 1 N–H and O–H groups in total. The van der Waals surface area contributed by atoms with Gasteiger partial charge in [0.15, 0.2) is 0 Å². The second-order valence-corrected chi connectivity index (χ2v) is 5.30. The minimum atomic E-state index is -0.695. The lowest BCUT2D eigenvalue weighted by molar-refractivity contribution is 0.220. The third-order valence-corrected chi connectivity index (χ3v) is 3.81. The number of aliphatic hydroxyl groups excluding tert-OH is 1. The summed E-state index contributed by atoms with van der Waals surface area (Å²) in [4.78, 5) is 0. The number of hydrogen-bond donors (Lipinski definition) is 1. The Labute approximate surface area is 117 Å². The quantitative estimate of drug-likeness (QED) is 0.905. The summed E-state index contributed by atoms with van der Waals surface area (Å²) in [5.74, 6) is 0.922. The maximum absolute atomic E-state index is 10.5. The Hall–Kier alpha value is -1.51. The first-order valence-corrected chi connectivity index (χ1v) is 6.72. The van der Waals surface area contributed by atoms with Gasteiger partial charge in [0.05, 0.1) is 6.61 Å². The topological polar surface area (TPSA) is 29.5 Å². The molecule has 0 bridgehead atoms. The molecule has 3 rings (SSSR count). The summed E-state index contributed by atoms with van der Waals surface area (Å²) in [6.45, 7) is 2.70. The van der Waals surface area contributed by atoms with Gasteiger partial charge in [-0.15, -0.1) is 0 Å². The number of rotatable bonds is 2. The van der Waals surface area contributed by atoms with Gasteiger partial charge < -0.3 is 9.84 Å². The molecule has 0 saturated carbocycles. The summed E-state index contributed by atoms with van der Waals surface area (Å²) in [6.07, 6.45) is 0.205. The van der Waals surface area contributed by atoms with Crippen molar-refractivity contribution in [2.24, 2.45) is 0 Å². The molecule has 0 aliphatic carbocycles. The summed E-state index contributed by atoms with van der Waals surface area (Å²) < 4.78 is 5.47. The predicted octanol–water partition coefficient (Wildman–Crippen LogP) is 3.67. The van der Waals surface area contributed by atoms with E-state index in [4.69, 9.17) is 16.3 Å². The molecule has 19 heavy (non-hydrogen) atoms. The van der Waals surface area contributed by atoms with Gasteiger partial charge in [-0.25, -0.2) is 0 Å². The normalized spacial score (nSPS) is 14.9. The van der Waals surface area contributed by atoms with Crippen LogP contribution in [0.2, 0.25) is 5.02 Å². The molecule has 1 atom stereocenters. The molecule has 0 amide bonds. The first-order valence-electron chi connectivity index (χ1n) is 6.35. The molecule has 1 heterocycles. The van der Waals surface area contributed by atoms with Gasteiger partial charge in [-0.2, -0.15) is 0 Å². The van der Waals surface area contributed by atoms with E-state index in [1.165, 1.54) is 0 Å². The van der Waals surface area contributed by atoms with E-state index in [1.54, 1.807) is 0 Å². The molecular formula is C16H15ClO2. The molecule has 98 valence electrons. The second-order valence-electron chi connectivity index (χ2n) is 4.89. The Kier molecular flexibility index (Phi) is 3.21. The molecule has 2 aromatic carbocycles. The van der Waals surface area contributed by atoms with Crippen LogP contribution in [0.1, 0.15) is 28.4 Å². The molecule has 1 unspecified atom stereocenters. The SMILES string of the molecule is Cc1ccc(C(O)c2ccc3c(c2)CCO3)c(Cl)c1. The lowest BCUT2D eigenvalue weighted by Crippen LogP contribution is -2.01. The van der Waals surface area contributed by atoms with Crippen molar-refractivity contribution in [3.05, 3.63) is 63.7 Å². The molecule has 0 aromatic heterocycles. The second kappa shape index (κ2) is 4.87. The van der Waals surface area contributed by atoms with E-state index in [0.717, 1.165) is 41.0 Å². The Morgan fingerprint density at radius 2 is 2.05 bits per heavy atom. The largest absolute Gasteiger partial charge is 0.493 e. The number of ether oxygens (including phenoxy) is 1. The maximum atomic E-state index is 10.5. The summed E-state index contributed by atoms with van der Waals surface area (Å²) >= 11 is 6.21. The highest BCUT2D eigenvalue weighted by Crippen LogP contribution is 2.33. The van der Waals surface area contributed by atoms with Crippen molar-refractivity contribution in [1.82, 2.24) is 0 Å². The van der Waals surface area contributed by atoms with Crippen LogP contribution in [0, 0.1) is 6.92 Å². The molecule has 0 radical (unpaired) electrons. The minimum absolute atomic E-state index is 0.601. The molecule has 2 aromatic rings.